The second kappa shape index (κ2) is 6.15. The van der Waals surface area contributed by atoms with Crippen LogP contribution in [0.5, 0.6) is 0 Å². The van der Waals surface area contributed by atoms with Gasteiger partial charge in [-0.05, 0) is 18.6 Å². The molecule has 0 fully saturated rings. The lowest BCUT2D eigenvalue weighted by Crippen LogP contribution is -2.09. The fraction of sp³-hybridized carbons (Fsp3) is 0.231. The molecule has 1 heterocycles. The molecule has 7 heteroatoms. The summed E-state index contributed by atoms with van der Waals surface area (Å²) in [5, 5.41) is 5.04. The van der Waals surface area contributed by atoms with E-state index in [9.17, 15) is 4.79 Å². The Morgan fingerprint density at radius 3 is 2.90 bits per heavy atom. The number of esters is 1. The van der Waals surface area contributed by atoms with Gasteiger partial charge in [0.2, 0.25) is 0 Å². The van der Waals surface area contributed by atoms with Crippen LogP contribution in [0.1, 0.15) is 23.0 Å². The molecule has 0 bridgehead atoms. The Morgan fingerprint density at radius 1 is 1.45 bits per heavy atom. The number of hydrogen-bond acceptors (Lipinski definition) is 4. The molecule has 0 atom stereocenters. The molecule has 2 N–H and O–H groups in total. The molecule has 0 saturated heterocycles. The predicted molar refractivity (Wildman–Crippen MR) is 78.2 cm³/mol. The van der Waals surface area contributed by atoms with Crippen LogP contribution in [0.3, 0.4) is 0 Å². The molecule has 2 aromatic rings. The maximum absolute atomic E-state index is 11.6. The van der Waals surface area contributed by atoms with Crippen LogP contribution >= 0.6 is 23.2 Å². The summed E-state index contributed by atoms with van der Waals surface area (Å²) in [6.45, 7) is 2.35. The van der Waals surface area contributed by atoms with Crippen molar-refractivity contribution in [3.05, 3.63) is 45.7 Å². The van der Waals surface area contributed by atoms with Gasteiger partial charge in [0.15, 0.2) is 5.69 Å². The Morgan fingerprint density at radius 2 is 2.20 bits per heavy atom. The third-order valence-electron chi connectivity index (χ3n) is 2.62. The van der Waals surface area contributed by atoms with E-state index in [1.54, 1.807) is 25.3 Å². The average molecular weight is 314 g/mol. The minimum Gasteiger partial charge on any atom is -0.461 e. The SMILES string of the molecule is CCOC(=O)c1nn(Cc2cccc(Cl)c2Cl)cc1N. The fourth-order valence-electron chi connectivity index (χ4n) is 1.72. The zero-order valence-corrected chi connectivity index (χ0v) is 12.3. The zero-order chi connectivity index (χ0) is 14.7. The van der Waals surface area contributed by atoms with Crippen molar-refractivity contribution in [2.75, 3.05) is 12.3 Å². The number of anilines is 1. The summed E-state index contributed by atoms with van der Waals surface area (Å²) in [6, 6.07) is 5.33. The van der Waals surface area contributed by atoms with Crippen molar-refractivity contribution >= 4 is 34.9 Å². The minimum atomic E-state index is -0.541. The highest BCUT2D eigenvalue weighted by Crippen LogP contribution is 2.26. The van der Waals surface area contributed by atoms with Gasteiger partial charge < -0.3 is 10.5 Å². The molecule has 0 aliphatic carbocycles. The van der Waals surface area contributed by atoms with E-state index < -0.39 is 5.97 Å². The molecule has 0 amide bonds. The number of carbonyl (C=O) groups excluding carboxylic acids is 1. The number of ether oxygens (including phenoxy) is 1. The molecule has 0 aliphatic heterocycles. The number of benzene rings is 1. The molecule has 1 aromatic carbocycles. The number of hydrogen-bond donors (Lipinski definition) is 1. The van der Waals surface area contributed by atoms with Gasteiger partial charge >= 0.3 is 5.97 Å². The van der Waals surface area contributed by atoms with Crippen molar-refractivity contribution in [3.63, 3.8) is 0 Å². The van der Waals surface area contributed by atoms with Gasteiger partial charge in [-0.2, -0.15) is 5.10 Å². The van der Waals surface area contributed by atoms with E-state index in [0.717, 1.165) is 5.56 Å². The quantitative estimate of drug-likeness (QED) is 0.881. The topological polar surface area (TPSA) is 70.1 Å². The van der Waals surface area contributed by atoms with Crippen molar-refractivity contribution in [1.29, 1.82) is 0 Å². The molecule has 5 nitrogen and oxygen atoms in total. The van der Waals surface area contributed by atoms with Crippen LogP contribution in [0.4, 0.5) is 5.69 Å². The maximum Gasteiger partial charge on any atom is 0.361 e. The van der Waals surface area contributed by atoms with Crippen LogP contribution in [0.25, 0.3) is 0 Å². The summed E-state index contributed by atoms with van der Waals surface area (Å²) >= 11 is 12.1. The molecule has 20 heavy (non-hydrogen) atoms. The molecule has 2 rings (SSSR count). The Hall–Kier alpha value is -1.72. The van der Waals surface area contributed by atoms with Gasteiger partial charge in [0.25, 0.3) is 0 Å². The molecule has 0 aliphatic rings. The number of nitrogens with zero attached hydrogens (tertiary/aromatic N) is 2. The van der Waals surface area contributed by atoms with Crippen LogP contribution in [-0.4, -0.2) is 22.4 Å². The second-order valence-electron chi connectivity index (χ2n) is 4.06. The monoisotopic (exact) mass is 313 g/mol. The van der Waals surface area contributed by atoms with Gasteiger partial charge in [-0.3, -0.25) is 4.68 Å². The van der Waals surface area contributed by atoms with E-state index in [0.29, 0.717) is 16.6 Å². The van der Waals surface area contributed by atoms with E-state index in [1.165, 1.54) is 4.68 Å². The van der Waals surface area contributed by atoms with Gasteiger partial charge in [-0.15, -0.1) is 0 Å². The van der Waals surface area contributed by atoms with E-state index in [4.69, 9.17) is 33.7 Å². The summed E-state index contributed by atoms with van der Waals surface area (Å²) in [5.74, 6) is -0.541. The molecule has 0 unspecified atom stereocenters. The van der Waals surface area contributed by atoms with Crippen LogP contribution in [0.2, 0.25) is 10.0 Å². The van der Waals surface area contributed by atoms with Gasteiger partial charge in [0.1, 0.15) is 0 Å². The van der Waals surface area contributed by atoms with Crippen LogP contribution in [0.15, 0.2) is 24.4 Å². The lowest BCUT2D eigenvalue weighted by atomic mass is 10.2. The Balaban J connectivity index is 2.25. The lowest BCUT2D eigenvalue weighted by Gasteiger charge is -2.05. The van der Waals surface area contributed by atoms with Crippen molar-refractivity contribution in [3.8, 4) is 0 Å². The highest BCUT2D eigenvalue weighted by Gasteiger charge is 2.16. The largest absolute Gasteiger partial charge is 0.461 e. The van der Waals surface area contributed by atoms with E-state index in [-0.39, 0.29) is 18.0 Å². The highest BCUT2D eigenvalue weighted by molar-refractivity contribution is 6.42. The maximum atomic E-state index is 11.6. The first-order valence-corrected chi connectivity index (χ1v) is 6.71. The number of rotatable bonds is 4. The van der Waals surface area contributed by atoms with E-state index in [1.807, 2.05) is 6.07 Å². The average Bonchev–Trinajstić information content (AvgIpc) is 2.76. The van der Waals surface area contributed by atoms with Gasteiger partial charge in [0.05, 0.1) is 28.9 Å². The minimum absolute atomic E-state index is 0.102. The van der Waals surface area contributed by atoms with Crippen molar-refractivity contribution in [1.82, 2.24) is 9.78 Å². The van der Waals surface area contributed by atoms with E-state index >= 15 is 0 Å². The summed E-state index contributed by atoms with van der Waals surface area (Å²) < 4.78 is 6.40. The first-order chi connectivity index (χ1) is 9.52. The smallest absolute Gasteiger partial charge is 0.361 e. The summed E-state index contributed by atoms with van der Waals surface area (Å²) in [7, 11) is 0. The first-order valence-electron chi connectivity index (χ1n) is 5.95. The van der Waals surface area contributed by atoms with Crippen LogP contribution in [0, 0.1) is 0 Å². The number of halogens is 2. The summed E-state index contributed by atoms with van der Waals surface area (Å²) in [4.78, 5) is 11.6. The Labute approximate surface area is 126 Å². The van der Waals surface area contributed by atoms with Crippen LogP contribution in [-0.2, 0) is 11.3 Å². The first kappa shape index (κ1) is 14.7. The lowest BCUT2D eigenvalue weighted by molar-refractivity contribution is 0.0519. The van der Waals surface area contributed by atoms with Crippen molar-refractivity contribution in [2.24, 2.45) is 0 Å². The summed E-state index contributed by atoms with van der Waals surface area (Å²) in [5.41, 5.74) is 6.91. The van der Waals surface area contributed by atoms with Gasteiger partial charge in [-0.25, -0.2) is 4.79 Å². The number of nitrogens with two attached hydrogens (primary N) is 1. The summed E-state index contributed by atoms with van der Waals surface area (Å²) in [6.07, 6.45) is 1.56. The Kier molecular flexibility index (Phi) is 4.52. The molecular weight excluding hydrogens is 301 g/mol. The normalized spacial score (nSPS) is 10.6. The standard InChI is InChI=1S/C13H13Cl2N3O2/c1-2-20-13(19)12-10(16)7-18(17-12)6-8-4-3-5-9(14)11(8)15/h3-5,7H,2,6,16H2,1H3. The Bertz CT molecular complexity index is 641. The molecular formula is C13H13Cl2N3O2. The van der Waals surface area contributed by atoms with Crippen molar-refractivity contribution in [2.45, 2.75) is 13.5 Å². The molecule has 1 aromatic heterocycles. The van der Waals surface area contributed by atoms with Crippen LogP contribution < -0.4 is 5.73 Å². The van der Waals surface area contributed by atoms with Crippen molar-refractivity contribution < 1.29 is 9.53 Å². The van der Waals surface area contributed by atoms with Gasteiger partial charge in [0, 0.05) is 6.20 Å². The highest BCUT2D eigenvalue weighted by atomic mass is 35.5. The number of carbonyl (C=O) groups is 1. The van der Waals surface area contributed by atoms with Gasteiger partial charge in [-0.1, -0.05) is 35.3 Å². The predicted octanol–water partition coefficient (Wildman–Crippen LogP) is 3.00. The van der Waals surface area contributed by atoms with E-state index in [2.05, 4.69) is 5.10 Å². The number of aromatic nitrogens is 2. The fourth-order valence-corrected chi connectivity index (χ4v) is 2.10. The third kappa shape index (κ3) is 3.05. The zero-order valence-electron chi connectivity index (χ0n) is 10.8. The third-order valence-corrected chi connectivity index (χ3v) is 3.48. The molecule has 106 valence electrons. The number of nitrogen functional groups attached to an aromatic ring is 1. The molecule has 0 spiro atoms. The molecule has 0 radical (unpaired) electrons. The second-order valence-corrected chi connectivity index (χ2v) is 4.85. The molecule has 0 saturated carbocycles.